The highest BCUT2D eigenvalue weighted by Gasteiger charge is 2.16. The quantitative estimate of drug-likeness (QED) is 0.217. The molecule has 1 heteroatoms. The number of ketones is 1. The zero-order valence-corrected chi connectivity index (χ0v) is 17.2. The Hall–Kier alpha value is -0.330. The second-order valence-electron chi connectivity index (χ2n) is 7.73. The number of hydrogen-bond donors (Lipinski definition) is 0. The van der Waals surface area contributed by atoms with Crippen molar-refractivity contribution in [2.75, 3.05) is 0 Å². The van der Waals surface area contributed by atoms with Crippen LogP contribution in [-0.2, 0) is 4.79 Å². The minimum Gasteiger partial charge on any atom is -0.299 e. The molecule has 0 heterocycles. The molecule has 0 aliphatic rings. The third-order valence-corrected chi connectivity index (χ3v) is 5.26. The number of carbonyl (C=O) groups excluding carboxylic acids is 1. The average molecular weight is 339 g/mol. The Kier molecular flexibility index (Phi) is 18.7. The predicted molar refractivity (Wildman–Crippen MR) is 109 cm³/mol. The molecule has 0 fully saturated rings. The number of carbonyl (C=O) groups is 1. The maximum Gasteiger partial charge on any atom is 0.135 e. The van der Waals surface area contributed by atoms with Crippen LogP contribution in [0.15, 0.2) is 0 Å². The molecular formula is C23H46O. The first kappa shape index (κ1) is 23.7. The van der Waals surface area contributed by atoms with Crippen molar-refractivity contribution in [1.29, 1.82) is 0 Å². The fraction of sp³-hybridized carbons (Fsp3) is 0.957. The molecule has 0 aliphatic heterocycles. The van der Waals surface area contributed by atoms with Crippen LogP contribution in [0.25, 0.3) is 0 Å². The van der Waals surface area contributed by atoms with E-state index in [-0.39, 0.29) is 0 Å². The Bertz CT molecular complexity index is 259. The highest BCUT2D eigenvalue weighted by atomic mass is 16.1. The summed E-state index contributed by atoms with van der Waals surface area (Å²) in [4.78, 5) is 12.2. The lowest BCUT2D eigenvalue weighted by atomic mass is 9.89. The van der Waals surface area contributed by atoms with Gasteiger partial charge in [0.2, 0.25) is 0 Å². The van der Waals surface area contributed by atoms with Crippen molar-refractivity contribution in [3.63, 3.8) is 0 Å². The van der Waals surface area contributed by atoms with E-state index in [1.807, 2.05) is 0 Å². The van der Waals surface area contributed by atoms with Gasteiger partial charge in [-0.05, 0) is 19.3 Å². The van der Waals surface area contributed by atoms with E-state index >= 15 is 0 Å². The Balaban J connectivity index is 3.49. The van der Waals surface area contributed by atoms with Gasteiger partial charge in [-0.25, -0.2) is 0 Å². The molecule has 0 saturated carbocycles. The zero-order valence-electron chi connectivity index (χ0n) is 17.2. The molecule has 1 atom stereocenters. The smallest absolute Gasteiger partial charge is 0.135 e. The largest absolute Gasteiger partial charge is 0.299 e. The van der Waals surface area contributed by atoms with Crippen molar-refractivity contribution in [3.8, 4) is 0 Å². The van der Waals surface area contributed by atoms with E-state index in [1.54, 1.807) is 0 Å². The molecule has 0 saturated heterocycles. The second kappa shape index (κ2) is 19.0. The standard InChI is InChI=1S/C23H46O/c1-4-7-9-10-11-12-13-14-15-16-17-18-21-22(20-8-5-2)23(24)19-6-3/h22H,4-21H2,1-3H3. The fourth-order valence-electron chi connectivity index (χ4n) is 3.60. The summed E-state index contributed by atoms with van der Waals surface area (Å²) in [6, 6.07) is 0. The van der Waals surface area contributed by atoms with Gasteiger partial charge >= 0.3 is 0 Å². The molecule has 1 unspecified atom stereocenters. The highest BCUT2D eigenvalue weighted by Crippen LogP contribution is 2.21. The van der Waals surface area contributed by atoms with Gasteiger partial charge in [0.05, 0.1) is 0 Å². The minimum absolute atomic E-state index is 0.369. The van der Waals surface area contributed by atoms with Crippen molar-refractivity contribution in [2.24, 2.45) is 5.92 Å². The first-order valence-corrected chi connectivity index (χ1v) is 11.3. The topological polar surface area (TPSA) is 17.1 Å². The van der Waals surface area contributed by atoms with Crippen LogP contribution in [0, 0.1) is 5.92 Å². The van der Waals surface area contributed by atoms with Gasteiger partial charge in [0.25, 0.3) is 0 Å². The van der Waals surface area contributed by atoms with Crippen molar-refractivity contribution < 1.29 is 4.79 Å². The van der Waals surface area contributed by atoms with E-state index in [2.05, 4.69) is 20.8 Å². The molecular weight excluding hydrogens is 292 g/mol. The van der Waals surface area contributed by atoms with Crippen LogP contribution < -0.4 is 0 Å². The average Bonchev–Trinajstić information content (AvgIpc) is 2.58. The molecule has 144 valence electrons. The molecule has 24 heavy (non-hydrogen) atoms. The second-order valence-corrected chi connectivity index (χ2v) is 7.73. The van der Waals surface area contributed by atoms with E-state index in [9.17, 15) is 4.79 Å². The summed E-state index contributed by atoms with van der Waals surface area (Å²) >= 11 is 0. The van der Waals surface area contributed by atoms with Gasteiger partial charge in [0.15, 0.2) is 0 Å². The zero-order chi connectivity index (χ0) is 17.9. The van der Waals surface area contributed by atoms with Gasteiger partial charge in [0.1, 0.15) is 5.78 Å². The summed E-state index contributed by atoms with van der Waals surface area (Å²) in [5.74, 6) is 0.905. The lowest BCUT2D eigenvalue weighted by molar-refractivity contribution is -0.123. The number of unbranched alkanes of at least 4 members (excludes halogenated alkanes) is 12. The number of hydrogen-bond acceptors (Lipinski definition) is 1. The monoisotopic (exact) mass is 338 g/mol. The van der Waals surface area contributed by atoms with E-state index < -0.39 is 0 Å². The van der Waals surface area contributed by atoms with Gasteiger partial charge < -0.3 is 0 Å². The molecule has 0 rings (SSSR count). The van der Waals surface area contributed by atoms with E-state index in [1.165, 1.54) is 89.9 Å². The molecule has 0 amide bonds. The van der Waals surface area contributed by atoms with Crippen LogP contribution in [-0.4, -0.2) is 5.78 Å². The lowest BCUT2D eigenvalue weighted by Crippen LogP contribution is -2.14. The Labute approximate surface area is 153 Å². The third-order valence-electron chi connectivity index (χ3n) is 5.26. The predicted octanol–water partition coefficient (Wildman–Crippen LogP) is 8.25. The number of Topliss-reactive ketones (excluding diaryl/α,β-unsaturated/α-hetero) is 1. The van der Waals surface area contributed by atoms with Crippen molar-refractivity contribution in [3.05, 3.63) is 0 Å². The van der Waals surface area contributed by atoms with Crippen LogP contribution in [0.2, 0.25) is 0 Å². The summed E-state index contributed by atoms with van der Waals surface area (Å²) in [7, 11) is 0. The van der Waals surface area contributed by atoms with Gasteiger partial charge in [0, 0.05) is 12.3 Å². The summed E-state index contributed by atoms with van der Waals surface area (Å²) in [6.07, 6.45) is 23.3. The first-order valence-electron chi connectivity index (χ1n) is 11.3. The maximum absolute atomic E-state index is 12.2. The van der Waals surface area contributed by atoms with Crippen molar-refractivity contribution in [1.82, 2.24) is 0 Å². The summed E-state index contributed by atoms with van der Waals surface area (Å²) in [6.45, 7) is 6.63. The Morgan fingerprint density at radius 3 is 1.42 bits per heavy atom. The number of rotatable bonds is 19. The fourth-order valence-corrected chi connectivity index (χ4v) is 3.60. The molecule has 0 N–H and O–H groups in total. The highest BCUT2D eigenvalue weighted by molar-refractivity contribution is 5.80. The summed E-state index contributed by atoms with van der Waals surface area (Å²) in [5, 5.41) is 0. The van der Waals surface area contributed by atoms with Gasteiger partial charge in [-0.1, -0.05) is 111 Å². The van der Waals surface area contributed by atoms with E-state index in [0.29, 0.717) is 11.7 Å². The molecule has 0 spiro atoms. The van der Waals surface area contributed by atoms with Crippen LogP contribution in [0.1, 0.15) is 136 Å². The van der Waals surface area contributed by atoms with Crippen LogP contribution in [0.4, 0.5) is 0 Å². The minimum atomic E-state index is 0.369. The molecule has 0 aromatic heterocycles. The van der Waals surface area contributed by atoms with E-state index in [0.717, 1.165) is 25.7 Å². The Morgan fingerprint density at radius 1 is 0.542 bits per heavy atom. The molecule has 0 bridgehead atoms. The van der Waals surface area contributed by atoms with Gasteiger partial charge in [-0.15, -0.1) is 0 Å². The van der Waals surface area contributed by atoms with Crippen LogP contribution >= 0.6 is 0 Å². The molecule has 0 aromatic rings. The molecule has 0 radical (unpaired) electrons. The third kappa shape index (κ3) is 15.2. The summed E-state index contributed by atoms with van der Waals surface area (Å²) < 4.78 is 0. The van der Waals surface area contributed by atoms with Gasteiger partial charge in [-0.2, -0.15) is 0 Å². The lowest BCUT2D eigenvalue weighted by Gasteiger charge is -2.15. The van der Waals surface area contributed by atoms with Gasteiger partial charge in [-0.3, -0.25) is 4.79 Å². The van der Waals surface area contributed by atoms with Crippen LogP contribution in [0.3, 0.4) is 0 Å². The molecule has 1 nitrogen and oxygen atoms in total. The molecule has 0 aliphatic carbocycles. The SMILES string of the molecule is CCCCCCCCCCCCCCC(CCCC)C(=O)CCC. The van der Waals surface area contributed by atoms with E-state index in [4.69, 9.17) is 0 Å². The normalized spacial score (nSPS) is 12.5. The summed E-state index contributed by atoms with van der Waals surface area (Å²) in [5.41, 5.74) is 0. The van der Waals surface area contributed by atoms with Crippen molar-refractivity contribution in [2.45, 2.75) is 136 Å². The molecule has 0 aromatic carbocycles. The first-order chi connectivity index (χ1) is 11.8. The van der Waals surface area contributed by atoms with Crippen molar-refractivity contribution >= 4 is 5.78 Å². The Morgan fingerprint density at radius 2 is 0.958 bits per heavy atom. The maximum atomic E-state index is 12.2. The van der Waals surface area contributed by atoms with Crippen LogP contribution in [0.5, 0.6) is 0 Å².